The molecule has 0 aliphatic heterocycles. The standard InChI is InChI=1S/C12H22O/c1-4-5-6-7-8-11(2)9-12(3)10-13/h9-11H,4-8H2,1-3H3/b12-9+/t11-/m1/s1. The third-order valence-electron chi connectivity index (χ3n) is 2.25. The van der Waals surface area contributed by atoms with Crippen molar-refractivity contribution in [3.8, 4) is 0 Å². The molecule has 0 fully saturated rings. The molecule has 1 heteroatoms. The number of aldehydes is 1. The molecule has 1 nitrogen and oxygen atoms in total. The number of hydrogen-bond donors (Lipinski definition) is 0. The van der Waals surface area contributed by atoms with Gasteiger partial charge in [-0.25, -0.2) is 0 Å². The molecule has 0 saturated heterocycles. The molecule has 0 amide bonds. The highest BCUT2D eigenvalue weighted by Gasteiger charge is 1.98. The summed E-state index contributed by atoms with van der Waals surface area (Å²) in [6.45, 7) is 6.27. The van der Waals surface area contributed by atoms with Gasteiger partial charge in [-0.3, -0.25) is 4.79 Å². The van der Waals surface area contributed by atoms with Crippen molar-refractivity contribution in [2.24, 2.45) is 5.92 Å². The average molecular weight is 182 g/mol. The predicted molar refractivity (Wildman–Crippen MR) is 57.7 cm³/mol. The van der Waals surface area contributed by atoms with E-state index in [0.717, 1.165) is 11.9 Å². The van der Waals surface area contributed by atoms with Crippen LogP contribution in [-0.2, 0) is 4.79 Å². The lowest BCUT2D eigenvalue weighted by Crippen LogP contribution is -1.92. The second kappa shape index (κ2) is 8.03. The predicted octanol–water partition coefficient (Wildman–Crippen LogP) is 3.74. The zero-order valence-electron chi connectivity index (χ0n) is 9.18. The quantitative estimate of drug-likeness (QED) is 0.333. The van der Waals surface area contributed by atoms with Gasteiger partial charge >= 0.3 is 0 Å². The van der Waals surface area contributed by atoms with Crippen molar-refractivity contribution in [2.75, 3.05) is 0 Å². The maximum atomic E-state index is 10.3. The van der Waals surface area contributed by atoms with Gasteiger partial charge in [0.25, 0.3) is 0 Å². The van der Waals surface area contributed by atoms with Gasteiger partial charge in [0.2, 0.25) is 0 Å². The lowest BCUT2D eigenvalue weighted by Gasteiger charge is -2.05. The smallest absolute Gasteiger partial charge is 0.145 e. The molecular weight excluding hydrogens is 160 g/mol. The van der Waals surface area contributed by atoms with E-state index in [-0.39, 0.29) is 0 Å². The van der Waals surface area contributed by atoms with Crippen molar-refractivity contribution in [1.82, 2.24) is 0 Å². The van der Waals surface area contributed by atoms with Gasteiger partial charge in [-0.1, -0.05) is 45.6 Å². The van der Waals surface area contributed by atoms with Crippen molar-refractivity contribution in [1.29, 1.82) is 0 Å². The normalized spacial score (nSPS) is 14.2. The minimum absolute atomic E-state index is 0.557. The maximum absolute atomic E-state index is 10.3. The highest BCUT2D eigenvalue weighted by atomic mass is 16.1. The van der Waals surface area contributed by atoms with Crippen LogP contribution in [0.15, 0.2) is 11.6 Å². The van der Waals surface area contributed by atoms with E-state index in [1.807, 2.05) is 6.92 Å². The second-order valence-electron chi connectivity index (χ2n) is 3.86. The SMILES string of the molecule is CCCCCC[C@@H](C)/C=C(\C)C=O. The van der Waals surface area contributed by atoms with Gasteiger partial charge in [-0.2, -0.15) is 0 Å². The van der Waals surface area contributed by atoms with E-state index in [1.165, 1.54) is 32.1 Å². The van der Waals surface area contributed by atoms with E-state index in [2.05, 4.69) is 19.9 Å². The second-order valence-corrected chi connectivity index (χ2v) is 3.86. The summed E-state index contributed by atoms with van der Waals surface area (Å²) in [4.78, 5) is 10.3. The Hall–Kier alpha value is -0.590. The molecule has 0 aliphatic rings. The minimum Gasteiger partial charge on any atom is -0.298 e. The lowest BCUT2D eigenvalue weighted by molar-refractivity contribution is -0.104. The van der Waals surface area contributed by atoms with Gasteiger partial charge in [0.1, 0.15) is 6.29 Å². The van der Waals surface area contributed by atoms with Crippen LogP contribution in [0.25, 0.3) is 0 Å². The fourth-order valence-corrected chi connectivity index (χ4v) is 1.46. The van der Waals surface area contributed by atoms with Crippen LogP contribution in [0.2, 0.25) is 0 Å². The monoisotopic (exact) mass is 182 g/mol. The summed E-state index contributed by atoms with van der Waals surface area (Å²) in [5, 5.41) is 0. The minimum atomic E-state index is 0.557. The molecule has 0 aliphatic carbocycles. The number of rotatable bonds is 7. The summed E-state index contributed by atoms with van der Waals surface area (Å²) < 4.78 is 0. The molecule has 0 aromatic heterocycles. The van der Waals surface area contributed by atoms with Gasteiger partial charge < -0.3 is 0 Å². The molecule has 0 unspecified atom stereocenters. The summed E-state index contributed by atoms with van der Waals surface area (Å²) in [5.41, 5.74) is 0.864. The Labute approximate surface area is 82.2 Å². The highest BCUT2D eigenvalue weighted by Crippen LogP contribution is 2.12. The first-order chi connectivity index (χ1) is 6.20. The molecule has 0 heterocycles. The maximum Gasteiger partial charge on any atom is 0.145 e. The van der Waals surface area contributed by atoms with E-state index in [4.69, 9.17) is 0 Å². The fourth-order valence-electron chi connectivity index (χ4n) is 1.46. The van der Waals surface area contributed by atoms with Gasteiger partial charge in [-0.05, 0) is 24.8 Å². The molecule has 0 rings (SSSR count). The summed E-state index contributed by atoms with van der Waals surface area (Å²) in [5.74, 6) is 0.557. The first kappa shape index (κ1) is 12.4. The molecular formula is C12H22O. The molecule has 0 aromatic rings. The first-order valence-corrected chi connectivity index (χ1v) is 5.34. The Morgan fingerprint density at radius 2 is 2.00 bits per heavy atom. The van der Waals surface area contributed by atoms with E-state index >= 15 is 0 Å². The largest absolute Gasteiger partial charge is 0.298 e. The Balaban J connectivity index is 3.50. The van der Waals surface area contributed by atoms with Crippen LogP contribution in [-0.4, -0.2) is 6.29 Å². The summed E-state index contributed by atoms with van der Waals surface area (Å²) in [6.07, 6.45) is 9.46. The fraction of sp³-hybridized carbons (Fsp3) is 0.750. The van der Waals surface area contributed by atoms with Crippen LogP contribution in [0.4, 0.5) is 0 Å². The molecule has 0 bridgehead atoms. The van der Waals surface area contributed by atoms with Crippen molar-refractivity contribution < 1.29 is 4.79 Å². The Morgan fingerprint density at radius 1 is 1.31 bits per heavy atom. The molecule has 0 radical (unpaired) electrons. The topological polar surface area (TPSA) is 17.1 Å². The van der Waals surface area contributed by atoms with Crippen molar-refractivity contribution >= 4 is 6.29 Å². The molecule has 1 atom stereocenters. The van der Waals surface area contributed by atoms with Gasteiger partial charge in [0.15, 0.2) is 0 Å². The van der Waals surface area contributed by atoms with E-state index < -0.39 is 0 Å². The third kappa shape index (κ3) is 7.76. The number of allylic oxidation sites excluding steroid dienone is 2. The Bertz CT molecular complexity index is 159. The molecule has 0 N–H and O–H groups in total. The van der Waals surface area contributed by atoms with Crippen LogP contribution >= 0.6 is 0 Å². The van der Waals surface area contributed by atoms with Crippen LogP contribution < -0.4 is 0 Å². The third-order valence-corrected chi connectivity index (χ3v) is 2.25. The molecule has 0 saturated carbocycles. The number of hydrogen-bond acceptors (Lipinski definition) is 1. The Morgan fingerprint density at radius 3 is 2.54 bits per heavy atom. The van der Waals surface area contributed by atoms with Crippen molar-refractivity contribution in [3.05, 3.63) is 11.6 Å². The Kier molecular flexibility index (Phi) is 7.66. The van der Waals surface area contributed by atoms with Crippen molar-refractivity contribution in [2.45, 2.75) is 52.9 Å². The number of carbonyl (C=O) groups excluding carboxylic acids is 1. The van der Waals surface area contributed by atoms with E-state index in [1.54, 1.807) is 0 Å². The molecule has 76 valence electrons. The zero-order valence-corrected chi connectivity index (χ0v) is 9.18. The average Bonchev–Trinajstić information content (AvgIpc) is 2.12. The van der Waals surface area contributed by atoms with Gasteiger partial charge in [0.05, 0.1) is 0 Å². The van der Waals surface area contributed by atoms with Crippen LogP contribution in [0, 0.1) is 5.92 Å². The highest BCUT2D eigenvalue weighted by molar-refractivity contribution is 5.72. The first-order valence-electron chi connectivity index (χ1n) is 5.34. The number of unbranched alkanes of at least 4 members (excludes halogenated alkanes) is 3. The van der Waals surface area contributed by atoms with Gasteiger partial charge in [0, 0.05) is 0 Å². The van der Waals surface area contributed by atoms with E-state index in [9.17, 15) is 4.79 Å². The zero-order chi connectivity index (χ0) is 10.1. The van der Waals surface area contributed by atoms with Crippen molar-refractivity contribution in [3.63, 3.8) is 0 Å². The van der Waals surface area contributed by atoms with Crippen LogP contribution in [0.5, 0.6) is 0 Å². The van der Waals surface area contributed by atoms with Crippen LogP contribution in [0.1, 0.15) is 52.9 Å². The summed E-state index contributed by atoms with van der Waals surface area (Å²) >= 11 is 0. The molecule has 13 heavy (non-hydrogen) atoms. The van der Waals surface area contributed by atoms with E-state index in [0.29, 0.717) is 5.92 Å². The lowest BCUT2D eigenvalue weighted by atomic mass is 10.0. The summed E-state index contributed by atoms with van der Waals surface area (Å²) in [7, 11) is 0. The molecule has 0 spiro atoms. The van der Waals surface area contributed by atoms with Gasteiger partial charge in [-0.15, -0.1) is 0 Å². The number of carbonyl (C=O) groups is 1. The van der Waals surface area contributed by atoms with Crippen LogP contribution in [0.3, 0.4) is 0 Å². The molecule has 0 aromatic carbocycles. The summed E-state index contributed by atoms with van der Waals surface area (Å²) in [6, 6.07) is 0.